The van der Waals surface area contributed by atoms with E-state index in [2.05, 4.69) is 33.5 Å². The molecular weight excluding hydrogens is 402 g/mol. The van der Waals surface area contributed by atoms with Gasteiger partial charge in [0.2, 0.25) is 5.91 Å². The van der Waals surface area contributed by atoms with Gasteiger partial charge in [-0.25, -0.2) is 4.98 Å². The molecule has 29 heavy (non-hydrogen) atoms. The number of aromatic nitrogens is 4. The number of para-hydroxylation sites is 1. The number of aryl methyl sites for hydroxylation is 2. The first-order chi connectivity index (χ1) is 14.1. The number of carbonyl (C=O) groups excluding carboxylic acids is 1. The maximum atomic E-state index is 12.4. The van der Waals surface area contributed by atoms with E-state index in [0.717, 1.165) is 27.5 Å². The van der Waals surface area contributed by atoms with Gasteiger partial charge in [-0.15, -0.1) is 21.5 Å². The summed E-state index contributed by atoms with van der Waals surface area (Å²) < 4.78 is 1.99. The van der Waals surface area contributed by atoms with Crippen LogP contribution in [0.5, 0.6) is 0 Å². The summed E-state index contributed by atoms with van der Waals surface area (Å²) in [5.41, 5.74) is 3.08. The maximum Gasteiger partial charge on any atom is 0.236 e. The molecule has 4 rings (SSSR count). The molecule has 0 radical (unpaired) electrons. The fraction of sp³-hybridized carbons (Fsp3) is 0.143. The summed E-state index contributed by atoms with van der Waals surface area (Å²) in [4.78, 5) is 17.6. The third-order valence-electron chi connectivity index (χ3n) is 4.23. The summed E-state index contributed by atoms with van der Waals surface area (Å²) in [6, 6.07) is 18.0. The number of thioether (sulfide) groups is 1. The number of anilines is 1. The van der Waals surface area contributed by atoms with E-state index < -0.39 is 0 Å². The summed E-state index contributed by atoms with van der Waals surface area (Å²) in [5.74, 6) is 0.856. The predicted molar refractivity (Wildman–Crippen MR) is 118 cm³/mol. The number of benzene rings is 2. The zero-order valence-corrected chi connectivity index (χ0v) is 17.6. The Balaban J connectivity index is 1.62. The fourth-order valence-corrected chi connectivity index (χ4v) is 4.30. The van der Waals surface area contributed by atoms with Gasteiger partial charge in [0.1, 0.15) is 0 Å². The average molecular weight is 422 g/mol. The monoisotopic (exact) mass is 421 g/mol. The maximum absolute atomic E-state index is 12.4. The van der Waals surface area contributed by atoms with Crippen molar-refractivity contribution in [2.75, 3.05) is 11.1 Å². The molecule has 0 unspecified atom stereocenters. The summed E-state index contributed by atoms with van der Waals surface area (Å²) in [5, 5.41) is 12.9. The molecule has 2 heterocycles. The van der Waals surface area contributed by atoms with Crippen molar-refractivity contribution in [3.8, 4) is 17.1 Å². The summed E-state index contributed by atoms with van der Waals surface area (Å²) in [6.45, 7) is 4.01. The van der Waals surface area contributed by atoms with Gasteiger partial charge in [-0.2, -0.15) is 0 Å². The minimum atomic E-state index is -0.121. The van der Waals surface area contributed by atoms with E-state index in [1.165, 1.54) is 23.1 Å². The first-order valence-electron chi connectivity index (χ1n) is 9.04. The molecule has 146 valence electrons. The van der Waals surface area contributed by atoms with Crippen LogP contribution in [0.1, 0.15) is 10.4 Å². The van der Waals surface area contributed by atoms with E-state index in [1.807, 2.05) is 60.0 Å². The first kappa shape index (κ1) is 19.4. The van der Waals surface area contributed by atoms with Crippen LogP contribution in [0.4, 0.5) is 5.13 Å². The molecule has 0 aliphatic rings. The zero-order chi connectivity index (χ0) is 20.2. The Morgan fingerprint density at radius 1 is 1.07 bits per heavy atom. The van der Waals surface area contributed by atoms with E-state index in [9.17, 15) is 4.79 Å². The minimum Gasteiger partial charge on any atom is -0.301 e. The Bertz CT molecular complexity index is 1140. The van der Waals surface area contributed by atoms with E-state index in [4.69, 9.17) is 0 Å². The number of amides is 1. The van der Waals surface area contributed by atoms with Crippen molar-refractivity contribution >= 4 is 34.1 Å². The number of rotatable bonds is 6. The number of hydrogen-bond acceptors (Lipinski definition) is 6. The Morgan fingerprint density at radius 2 is 1.83 bits per heavy atom. The smallest absolute Gasteiger partial charge is 0.236 e. The first-order valence-corrected chi connectivity index (χ1v) is 10.8. The molecule has 2 aromatic heterocycles. The van der Waals surface area contributed by atoms with Crippen LogP contribution in [0.15, 0.2) is 66.0 Å². The molecule has 0 saturated carbocycles. The van der Waals surface area contributed by atoms with Gasteiger partial charge in [0.05, 0.1) is 5.75 Å². The van der Waals surface area contributed by atoms with Gasteiger partial charge in [-0.1, -0.05) is 54.2 Å². The molecule has 4 aromatic rings. The lowest BCUT2D eigenvalue weighted by Gasteiger charge is -2.11. The highest BCUT2D eigenvalue weighted by Crippen LogP contribution is 2.29. The van der Waals surface area contributed by atoms with Crippen molar-refractivity contribution in [1.82, 2.24) is 19.7 Å². The van der Waals surface area contributed by atoms with E-state index in [0.29, 0.717) is 10.3 Å². The van der Waals surface area contributed by atoms with Gasteiger partial charge in [0.15, 0.2) is 16.1 Å². The van der Waals surface area contributed by atoms with Crippen LogP contribution in [0.2, 0.25) is 0 Å². The highest BCUT2D eigenvalue weighted by Gasteiger charge is 2.18. The van der Waals surface area contributed by atoms with Gasteiger partial charge < -0.3 is 5.32 Å². The number of thiazole rings is 1. The third kappa shape index (κ3) is 4.38. The number of nitrogens with zero attached hydrogens (tertiary/aromatic N) is 4. The van der Waals surface area contributed by atoms with Crippen LogP contribution >= 0.6 is 23.1 Å². The average Bonchev–Trinajstić information content (AvgIpc) is 3.33. The molecule has 0 atom stereocenters. The van der Waals surface area contributed by atoms with Crippen LogP contribution in [0.3, 0.4) is 0 Å². The quantitative estimate of drug-likeness (QED) is 0.455. The van der Waals surface area contributed by atoms with Crippen LogP contribution in [-0.4, -0.2) is 31.4 Å². The highest BCUT2D eigenvalue weighted by atomic mass is 32.2. The Kier molecular flexibility index (Phi) is 5.73. The van der Waals surface area contributed by atoms with Gasteiger partial charge in [0.25, 0.3) is 0 Å². The summed E-state index contributed by atoms with van der Waals surface area (Å²) >= 11 is 2.81. The molecule has 0 fully saturated rings. The Hall–Kier alpha value is -2.97. The third-order valence-corrected chi connectivity index (χ3v) is 5.99. The second-order valence-corrected chi connectivity index (χ2v) is 8.58. The molecule has 0 aliphatic heterocycles. The molecule has 0 saturated heterocycles. The molecule has 0 spiro atoms. The minimum absolute atomic E-state index is 0.121. The van der Waals surface area contributed by atoms with Gasteiger partial charge in [-0.3, -0.25) is 9.36 Å². The molecule has 1 amide bonds. The molecule has 8 heteroatoms. The molecule has 6 nitrogen and oxygen atoms in total. The highest BCUT2D eigenvalue weighted by molar-refractivity contribution is 7.99. The van der Waals surface area contributed by atoms with Crippen molar-refractivity contribution in [2.24, 2.45) is 0 Å². The van der Waals surface area contributed by atoms with Crippen LogP contribution in [0.25, 0.3) is 17.1 Å². The molecule has 0 bridgehead atoms. The lowest BCUT2D eigenvalue weighted by molar-refractivity contribution is -0.113. The van der Waals surface area contributed by atoms with Crippen LogP contribution in [0, 0.1) is 13.8 Å². The van der Waals surface area contributed by atoms with Crippen molar-refractivity contribution in [3.63, 3.8) is 0 Å². The lowest BCUT2D eigenvalue weighted by Crippen LogP contribution is -2.14. The van der Waals surface area contributed by atoms with Crippen LogP contribution in [-0.2, 0) is 4.79 Å². The van der Waals surface area contributed by atoms with E-state index in [1.54, 1.807) is 6.20 Å². The standard InChI is InChI=1S/C21H19N5OS2/c1-14-8-6-7-11-17(14)19-24-25-21(26(19)16-9-4-3-5-10-16)28-13-18(27)23-20-22-12-15(2)29-20/h3-12H,13H2,1-2H3,(H,22,23,27). The van der Waals surface area contributed by atoms with Crippen molar-refractivity contribution in [2.45, 2.75) is 19.0 Å². The Labute approximate surface area is 177 Å². The normalized spacial score (nSPS) is 10.8. The summed E-state index contributed by atoms with van der Waals surface area (Å²) in [6.07, 6.45) is 1.74. The predicted octanol–water partition coefficient (Wildman–Crippen LogP) is 4.74. The number of nitrogens with one attached hydrogen (secondary N) is 1. The fourth-order valence-electron chi connectivity index (χ4n) is 2.87. The lowest BCUT2D eigenvalue weighted by atomic mass is 10.1. The number of hydrogen-bond donors (Lipinski definition) is 1. The van der Waals surface area contributed by atoms with Crippen molar-refractivity contribution in [3.05, 3.63) is 71.2 Å². The molecular formula is C21H19N5OS2. The van der Waals surface area contributed by atoms with Gasteiger partial charge >= 0.3 is 0 Å². The van der Waals surface area contributed by atoms with Crippen molar-refractivity contribution in [1.29, 1.82) is 0 Å². The molecule has 2 aromatic carbocycles. The van der Waals surface area contributed by atoms with Gasteiger partial charge in [0, 0.05) is 22.3 Å². The largest absolute Gasteiger partial charge is 0.301 e. The van der Waals surface area contributed by atoms with Gasteiger partial charge in [-0.05, 0) is 31.5 Å². The van der Waals surface area contributed by atoms with Crippen LogP contribution < -0.4 is 5.32 Å². The molecule has 1 N–H and O–H groups in total. The SMILES string of the molecule is Cc1cnc(NC(=O)CSc2nnc(-c3ccccc3C)n2-c2ccccc2)s1. The summed E-state index contributed by atoms with van der Waals surface area (Å²) in [7, 11) is 0. The second kappa shape index (κ2) is 8.59. The topological polar surface area (TPSA) is 72.7 Å². The van der Waals surface area contributed by atoms with E-state index >= 15 is 0 Å². The Morgan fingerprint density at radius 3 is 2.55 bits per heavy atom. The molecule has 0 aliphatic carbocycles. The van der Waals surface area contributed by atoms with E-state index in [-0.39, 0.29) is 11.7 Å². The zero-order valence-electron chi connectivity index (χ0n) is 16.0. The number of carbonyl (C=O) groups is 1. The van der Waals surface area contributed by atoms with Crippen molar-refractivity contribution < 1.29 is 4.79 Å². The second-order valence-electron chi connectivity index (χ2n) is 6.40.